The van der Waals surface area contributed by atoms with Gasteiger partial charge in [-0.15, -0.1) is 0 Å². The zero-order valence-electron chi connectivity index (χ0n) is 13.8. The maximum Gasteiger partial charge on any atom is 0.269 e. The number of nitrogens with one attached hydrogen (secondary N) is 1. The van der Waals surface area contributed by atoms with Crippen molar-refractivity contribution in [2.45, 2.75) is 17.9 Å². The maximum absolute atomic E-state index is 12.5. The van der Waals surface area contributed by atoms with Crippen molar-refractivity contribution in [3.8, 4) is 5.69 Å². The topological polar surface area (TPSA) is 107 Å². The Kier molecular flexibility index (Phi) is 4.83. The number of hydrogen-bond acceptors (Lipinski definition) is 5. The molecule has 1 aromatic heterocycles. The molecular formula is C17H16N4O4S. The Balaban J connectivity index is 1.75. The van der Waals surface area contributed by atoms with Gasteiger partial charge in [0.1, 0.15) is 0 Å². The molecule has 3 aromatic rings. The van der Waals surface area contributed by atoms with Gasteiger partial charge >= 0.3 is 0 Å². The van der Waals surface area contributed by atoms with Crippen molar-refractivity contribution in [1.82, 2.24) is 14.3 Å². The number of aromatic nitrogens is 2. The number of nitrogens with zero attached hydrogens (tertiary/aromatic N) is 3. The van der Waals surface area contributed by atoms with E-state index in [1.165, 1.54) is 24.3 Å². The lowest BCUT2D eigenvalue weighted by Gasteiger charge is -2.15. The largest absolute Gasteiger partial charge is 0.306 e. The smallest absolute Gasteiger partial charge is 0.269 e. The first-order valence-corrected chi connectivity index (χ1v) is 9.20. The normalized spacial score (nSPS) is 12.7. The second-order valence-electron chi connectivity index (χ2n) is 5.66. The van der Waals surface area contributed by atoms with Crippen LogP contribution in [0.1, 0.15) is 18.5 Å². The van der Waals surface area contributed by atoms with Crippen molar-refractivity contribution in [1.29, 1.82) is 0 Å². The van der Waals surface area contributed by atoms with E-state index in [-0.39, 0.29) is 10.6 Å². The summed E-state index contributed by atoms with van der Waals surface area (Å²) >= 11 is 0. The van der Waals surface area contributed by atoms with Crippen LogP contribution < -0.4 is 4.72 Å². The number of sulfonamides is 1. The Labute approximate surface area is 150 Å². The Morgan fingerprint density at radius 1 is 1.12 bits per heavy atom. The zero-order chi connectivity index (χ0) is 18.7. The van der Waals surface area contributed by atoms with Crippen molar-refractivity contribution in [2.24, 2.45) is 0 Å². The molecule has 8 nitrogen and oxygen atoms in total. The van der Waals surface area contributed by atoms with E-state index in [2.05, 4.69) is 9.71 Å². The van der Waals surface area contributed by atoms with E-state index in [0.29, 0.717) is 0 Å². The third-order valence-corrected chi connectivity index (χ3v) is 5.44. The summed E-state index contributed by atoms with van der Waals surface area (Å²) in [6.45, 7) is 1.73. The SMILES string of the molecule is C[C@@H](NS(=O)(=O)c1ccc([N+](=O)[O-])cc1)c1ccc(-n2ccnc2)cc1. The molecular weight excluding hydrogens is 356 g/mol. The molecule has 1 atom stereocenters. The predicted octanol–water partition coefficient (Wildman–Crippen LogP) is 2.82. The van der Waals surface area contributed by atoms with Gasteiger partial charge in [-0.25, -0.2) is 18.1 Å². The quantitative estimate of drug-likeness (QED) is 0.529. The number of nitro groups is 1. The van der Waals surface area contributed by atoms with E-state index in [1.54, 1.807) is 19.4 Å². The van der Waals surface area contributed by atoms with Gasteiger partial charge in [0, 0.05) is 36.3 Å². The van der Waals surface area contributed by atoms with E-state index in [9.17, 15) is 18.5 Å². The molecule has 0 aliphatic heterocycles. The third-order valence-electron chi connectivity index (χ3n) is 3.89. The van der Waals surface area contributed by atoms with Crippen molar-refractivity contribution in [3.63, 3.8) is 0 Å². The lowest BCUT2D eigenvalue weighted by Crippen LogP contribution is -2.26. The van der Waals surface area contributed by atoms with Crippen molar-refractivity contribution < 1.29 is 13.3 Å². The lowest BCUT2D eigenvalue weighted by atomic mass is 10.1. The molecule has 1 N–H and O–H groups in total. The molecule has 134 valence electrons. The number of rotatable bonds is 6. The molecule has 0 aliphatic rings. The molecule has 3 rings (SSSR count). The van der Waals surface area contributed by atoms with Gasteiger partial charge in [-0.1, -0.05) is 12.1 Å². The Hall–Kier alpha value is -3.04. The molecule has 0 radical (unpaired) electrons. The van der Waals surface area contributed by atoms with E-state index in [4.69, 9.17) is 0 Å². The number of hydrogen-bond donors (Lipinski definition) is 1. The van der Waals surface area contributed by atoms with Gasteiger partial charge in [0.15, 0.2) is 0 Å². The van der Waals surface area contributed by atoms with Crippen LogP contribution >= 0.6 is 0 Å². The van der Waals surface area contributed by atoms with Gasteiger partial charge in [0.2, 0.25) is 10.0 Å². The molecule has 0 amide bonds. The highest BCUT2D eigenvalue weighted by Gasteiger charge is 2.19. The standard InChI is InChI=1S/C17H16N4O4S/c1-13(14-2-4-15(5-3-14)20-11-10-18-12-20)19-26(24,25)17-8-6-16(7-9-17)21(22)23/h2-13,19H,1H3/t13-/m1/s1. The minimum absolute atomic E-state index is 0.0232. The van der Waals surface area contributed by atoms with Crippen molar-refractivity contribution in [2.75, 3.05) is 0 Å². The van der Waals surface area contributed by atoms with Gasteiger partial charge < -0.3 is 4.57 Å². The van der Waals surface area contributed by atoms with E-state index < -0.39 is 21.0 Å². The van der Waals surface area contributed by atoms with Crippen LogP contribution in [0, 0.1) is 10.1 Å². The molecule has 9 heteroatoms. The lowest BCUT2D eigenvalue weighted by molar-refractivity contribution is -0.384. The predicted molar refractivity (Wildman–Crippen MR) is 95.4 cm³/mol. The summed E-state index contributed by atoms with van der Waals surface area (Å²) in [5.74, 6) is 0. The average molecular weight is 372 g/mol. The first-order chi connectivity index (χ1) is 12.4. The first kappa shape index (κ1) is 17.8. The number of imidazole rings is 1. The fraction of sp³-hybridized carbons (Fsp3) is 0.118. The molecule has 0 unspecified atom stereocenters. The molecule has 0 saturated heterocycles. The minimum Gasteiger partial charge on any atom is -0.306 e. The summed E-state index contributed by atoms with van der Waals surface area (Å²) in [4.78, 5) is 14.1. The van der Waals surface area contributed by atoms with Crippen LogP contribution in [0.3, 0.4) is 0 Å². The molecule has 26 heavy (non-hydrogen) atoms. The number of nitro benzene ring substituents is 1. The summed E-state index contributed by atoms with van der Waals surface area (Å²) < 4.78 is 29.3. The maximum atomic E-state index is 12.5. The first-order valence-electron chi connectivity index (χ1n) is 7.72. The van der Waals surface area contributed by atoms with E-state index in [1.807, 2.05) is 35.0 Å². The van der Waals surface area contributed by atoms with Gasteiger partial charge in [-0.3, -0.25) is 10.1 Å². The van der Waals surface area contributed by atoms with Crippen LogP contribution in [-0.2, 0) is 10.0 Å². The molecule has 0 aliphatic carbocycles. The van der Waals surface area contributed by atoms with E-state index >= 15 is 0 Å². The number of benzene rings is 2. The fourth-order valence-corrected chi connectivity index (χ4v) is 3.69. The third kappa shape index (κ3) is 3.79. The Morgan fingerprint density at radius 3 is 2.31 bits per heavy atom. The van der Waals surface area contributed by atoms with E-state index in [0.717, 1.165) is 11.3 Å². The summed E-state index contributed by atoms with van der Waals surface area (Å²) in [5, 5.41) is 10.7. The second kappa shape index (κ2) is 7.06. The monoisotopic (exact) mass is 372 g/mol. The van der Waals surface area contributed by atoms with Gasteiger partial charge in [-0.2, -0.15) is 0 Å². The molecule has 1 heterocycles. The van der Waals surface area contributed by atoms with Crippen LogP contribution in [-0.4, -0.2) is 22.9 Å². The molecule has 0 saturated carbocycles. The minimum atomic E-state index is -3.79. The summed E-state index contributed by atoms with van der Waals surface area (Å²) in [5.41, 5.74) is 1.54. The van der Waals surface area contributed by atoms with Crippen molar-refractivity contribution >= 4 is 15.7 Å². The summed E-state index contributed by atoms with van der Waals surface area (Å²) in [7, 11) is -3.79. The molecule has 0 fully saturated rings. The van der Waals surface area contributed by atoms with Crippen LogP contribution in [0.25, 0.3) is 5.69 Å². The second-order valence-corrected chi connectivity index (χ2v) is 7.37. The molecule has 0 bridgehead atoms. The zero-order valence-corrected chi connectivity index (χ0v) is 14.6. The number of non-ortho nitro benzene ring substituents is 1. The average Bonchev–Trinajstić information content (AvgIpc) is 3.16. The highest BCUT2D eigenvalue weighted by atomic mass is 32.2. The molecule has 2 aromatic carbocycles. The van der Waals surface area contributed by atoms with Crippen LogP contribution in [0.4, 0.5) is 5.69 Å². The van der Waals surface area contributed by atoms with Crippen molar-refractivity contribution in [3.05, 3.63) is 82.9 Å². The Morgan fingerprint density at radius 2 is 1.77 bits per heavy atom. The van der Waals surface area contributed by atoms with Gasteiger partial charge in [0.05, 0.1) is 16.1 Å². The highest BCUT2D eigenvalue weighted by Crippen LogP contribution is 2.20. The summed E-state index contributed by atoms with van der Waals surface area (Å²) in [6, 6.07) is 11.7. The van der Waals surface area contributed by atoms with Crippen LogP contribution in [0.2, 0.25) is 0 Å². The van der Waals surface area contributed by atoms with Crippen LogP contribution in [0.15, 0.2) is 72.1 Å². The molecule has 0 spiro atoms. The fourth-order valence-electron chi connectivity index (χ4n) is 2.46. The van der Waals surface area contributed by atoms with Crippen LogP contribution in [0.5, 0.6) is 0 Å². The Bertz CT molecular complexity index is 998. The summed E-state index contributed by atoms with van der Waals surface area (Å²) in [6.07, 6.45) is 5.17. The van der Waals surface area contributed by atoms with Gasteiger partial charge in [-0.05, 0) is 36.8 Å². The van der Waals surface area contributed by atoms with Gasteiger partial charge in [0.25, 0.3) is 5.69 Å². The highest BCUT2D eigenvalue weighted by molar-refractivity contribution is 7.89.